The van der Waals surface area contributed by atoms with E-state index in [9.17, 15) is 4.79 Å². The molecule has 0 amide bonds. The lowest BCUT2D eigenvalue weighted by Crippen LogP contribution is -2.09. The summed E-state index contributed by atoms with van der Waals surface area (Å²) in [6.07, 6.45) is 0.883. The third-order valence-corrected chi connectivity index (χ3v) is 3.98. The van der Waals surface area contributed by atoms with Crippen LogP contribution in [0.1, 0.15) is 12.5 Å². The van der Waals surface area contributed by atoms with Crippen LogP contribution in [0.5, 0.6) is 5.75 Å². The molecule has 0 aliphatic rings. The Morgan fingerprint density at radius 1 is 1.16 bits per heavy atom. The van der Waals surface area contributed by atoms with Gasteiger partial charge in [0, 0.05) is 17.0 Å². The van der Waals surface area contributed by atoms with Crippen molar-refractivity contribution in [2.45, 2.75) is 13.3 Å². The van der Waals surface area contributed by atoms with Gasteiger partial charge in [-0.2, -0.15) is 0 Å². The number of ether oxygens (including phenoxy) is 1. The van der Waals surface area contributed by atoms with Crippen LogP contribution in [0.2, 0.25) is 0 Å². The van der Waals surface area contributed by atoms with Crippen molar-refractivity contribution in [2.24, 2.45) is 4.99 Å². The maximum Gasteiger partial charge on any atom is 0.325 e. The number of hydrogen-bond acceptors (Lipinski definition) is 4. The SMILES string of the molecule is CCc1ccc2oc(-c3ccc(OC)cc3)cc(=NCC(=O)O)c2c1. The molecule has 0 fully saturated rings. The summed E-state index contributed by atoms with van der Waals surface area (Å²) >= 11 is 0. The van der Waals surface area contributed by atoms with Crippen molar-refractivity contribution < 1.29 is 19.1 Å². The van der Waals surface area contributed by atoms with E-state index in [1.807, 2.05) is 42.5 Å². The average Bonchev–Trinajstić information content (AvgIpc) is 2.65. The molecule has 0 atom stereocenters. The number of rotatable bonds is 5. The predicted molar refractivity (Wildman–Crippen MR) is 95.6 cm³/mol. The molecule has 0 unspecified atom stereocenters. The first-order chi connectivity index (χ1) is 12.1. The monoisotopic (exact) mass is 337 g/mol. The Hall–Kier alpha value is -3.08. The van der Waals surface area contributed by atoms with Crippen LogP contribution < -0.4 is 10.1 Å². The van der Waals surface area contributed by atoms with Gasteiger partial charge in [0.2, 0.25) is 0 Å². The van der Waals surface area contributed by atoms with Crippen molar-refractivity contribution in [2.75, 3.05) is 13.7 Å². The Morgan fingerprint density at radius 2 is 1.92 bits per heavy atom. The van der Waals surface area contributed by atoms with Crippen LogP contribution in [0, 0.1) is 0 Å². The second-order valence-corrected chi connectivity index (χ2v) is 5.62. The van der Waals surface area contributed by atoms with Gasteiger partial charge in [0.05, 0.1) is 12.5 Å². The summed E-state index contributed by atoms with van der Waals surface area (Å²) in [6.45, 7) is 1.79. The Bertz CT molecular complexity index is 971. The first kappa shape index (κ1) is 16.8. The number of hydrogen-bond donors (Lipinski definition) is 1. The Kier molecular flexibility index (Phi) is 4.84. The molecule has 1 N–H and O–H groups in total. The minimum absolute atomic E-state index is 0.280. The third-order valence-electron chi connectivity index (χ3n) is 3.98. The largest absolute Gasteiger partial charge is 0.497 e. The van der Waals surface area contributed by atoms with Crippen LogP contribution in [-0.4, -0.2) is 24.7 Å². The van der Waals surface area contributed by atoms with Crippen molar-refractivity contribution in [1.29, 1.82) is 0 Å². The molecule has 0 aliphatic heterocycles. The number of benzene rings is 2. The van der Waals surface area contributed by atoms with Crippen LogP contribution in [-0.2, 0) is 11.2 Å². The molecule has 5 heteroatoms. The van der Waals surface area contributed by atoms with Crippen molar-refractivity contribution in [3.8, 4) is 17.1 Å². The van der Waals surface area contributed by atoms with Gasteiger partial charge in [-0.1, -0.05) is 13.0 Å². The topological polar surface area (TPSA) is 72.0 Å². The summed E-state index contributed by atoms with van der Waals surface area (Å²) in [5.74, 6) is 0.419. The Labute approximate surface area is 145 Å². The number of carboxylic acid groups (broad SMARTS) is 1. The molecule has 0 bridgehead atoms. The highest BCUT2D eigenvalue weighted by molar-refractivity contribution is 5.79. The van der Waals surface area contributed by atoms with E-state index < -0.39 is 5.97 Å². The fourth-order valence-electron chi connectivity index (χ4n) is 2.62. The number of aryl methyl sites for hydroxylation is 1. The maximum absolute atomic E-state index is 10.9. The highest BCUT2D eigenvalue weighted by Crippen LogP contribution is 2.25. The zero-order valence-electron chi connectivity index (χ0n) is 14.2. The van der Waals surface area contributed by atoms with Crippen molar-refractivity contribution >= 4 is 16.9 Å². The second-order valence-electron chi connectivity index (χ2n) is 5.62. The third kappa shape index (κ3) is 3.71. The first-order valence-corrected chi connectivity index (χ1v) is 8.04. The van der Waals surface area contributed by atoms with Crippen LogP contribution in [0.15, 0.2) is 57.9 Å². The molecule has 0 saturated heterocycles. The minimum Gasteiger partial charge on any atom is -0.497 e. The normalized spacial score (nSPS) is 11.7. The van der Waals surface area contributed by atoms with E-state index in [2.05, 4.69) is 11.9 Å². The van der Waals surface area contributed by atoms with Gasteiger partial charge in [0.15, 0.2) is 0 Å². The van der Waals surface area contributed by atoms with Crippen molar-refractivity contribution in [3.05, 3.63) is 59.5 Å². The van der Waals surface area contributed by atoms with Gasteiger partial charge in [-0.3, -0.25) is 9.79 Å². The molecule has 0 spiro atoms. The van der Waals surface area contributed by atoms with E-state index in [1.165, 1.54) is 0 Å². The predicted octanol–water partition coefficient (Wildman–Crippen LogP) is 3.66. The summed E-state index contributed by atoms with van der Waals surface area (Å²) in [5.41, 5.74) is 2.69. The molecule has 0 aliphatic carbocycles. The van der Waals surface area contributed by atoms with Crippen LogP contribution in [0.4, 0.5) is 0 Å². The molecular weight excluding hydrogens is 318 g/mol. The van der Waals surface area contributed by atoms with Crippen LogP contribution in [0.25, 0.3) is 22.3 Å². The fraction of sp³-hybridized carbons (Fsp3) is 0.200. The molecule has 5 nitrogen and oxygen atoms in total. The fourth-order valence-corrected chi connectivity index (χ4v) is 2.62. The quantitative estimate of drug-likeness (QED) is 0.771. The molecule has 3 rings (SSSR count). The molecular formula is C20H19NO4. The molecule has 1 aromatic heterocycles. The number of fused-ring (bicyclic) bond motifs is 1. The smallest absolute Gasteiger partial charge is 0.325 e. The molecule has 2 aromatic carbocycles. The number of aliphatic carboxylic acids is 1. The van der Waals surface area contributed by atoms with Crippen LogP contribution in [0.3, 0.4) is 0 Å². The maximum atomic E-state index is 10.9. The van der Waals surface area contributed by atoms with Gasteiger partial charge in [-0.05, 0) is 48.4 Å². The summed E-state index contributed by atoms with van der Waals surface area (Å²) in [4.78, 5) is 15.2. The van der Waals surface area contributed by atoms with Crippen LogP contribution >= 0.6 is 0 Å². The van der Waals surface area contributed by atoms with E-state index in [4.69, 9.17) is 14.3 Å². The standard InChI is InChI=1S/C20H19NO4/c1-3-13-4-9-18-16(10-13)17(21-12-20(22)23)11-19(25-18)14-5-7-15(24-2)8-6-14/h4-11H,3,12H2,1-2H3,(H,22,23). The zero-order chi connectivity index (χ0) is 17.8. The van der Waals surface area contributed by atoms with Gasteiger partial charge in [-0.25, -0.2) is 0 Å². The summed E-state index contributed by atoms with van der Waals surface area (Å²) in [7, 11) is 1.61. The van der Waals surface area contributed by atoms with E-state index in [0.717, 1.165) is 28.7 Å². The molecule has 25 heavy (non-hydrogen) atoms. The van der Waals surface area contributed by atoms with Gasteiger partial charge >= 0.3 is 5.97 Å². The minimum atomic E-state index is -0.966. The number of nitrogens with zero attached hydrogens (tertiary/aromatic N) is 1. The molecule has 0 radical (unpaired) electrons. The lowest BCUT2D eigenvalue weighted by atomic mass is 10.1. The molecule has 1 heterocycles. The van der Waals surface area contributed by atoms with Gasteiger partial charge in [0.25, 0.3) is 0 Å². The van der Waals surface area contributed by atoms with E-state index in [1.54, 1.807) is 13.2 Å². The van der Waals surface area contributed by atoms with E-state index in [0.29, 0.717) is 16.7 Å². The van der Waals surface area contributed by atoms with E-state index in [-0.39, 0.29) is 6.54 Å². The molecule has 128 valence electrons. The van der Waals surface area contributed by atoms with E-state index >= 15 is 0 Å². The lowest BCUT2D eigenvalue weighted by Gasteiger charge is -2.07. The Balaban J connectivity index is 2.20. The zero-order valence-corrected chi connectivity index (χ0v) is 14.2. The molecule has 3 aromatic rings. The highest BCUT2D eigenvalue weighted by atomic mass is 16.5. The first-order valence-electron chi connectivity index (χ1n) is 8.04. The molecule has 0 saturated carbocycles. The van der Waals surface area contributed by atoms with Gasteiger partial charge < -0.3 is 14.3 Å². The van der Waals surface area contributed by atoms with Crippen molar-refractivity contribution in [1.82, 2.24) is 0 Å². The Morgan fingerprint density at radius 3 is 2.56 bits per heavy atom. The second kappa shape index (κ2) is 7.21. The summed E-state index contributed by atoms with van der Waals surface area (Å²) in [6, 6.07) is 15.2. The average molecular weight is 337 g/mol. The van der Waals surface area contributed by atoms with Crippen molar-refractivity contribution in [3.63, 3.8) is 0 Å². The number of carbonyl (C=O) groups is 1. The number of carboxylic acids is 1. The summed E-state index contributed by atoms with van der Waals surface area (Å²) < 4.78 is 11.2. The van der Waals surface area contributed by atoms with Gasteiger partial charge in [0.1, 0.15) is 23.6 Å². The lowest BCUT2D eigenvalue weighted by molar-refractivity contribution is -0.135. The summed E-state index contributed by atoms with van der Waals surface area (Å²) in [5, 5.41) is 10.4. The van der Waals surface area contributed by atoms with Gasteiger partial charge in [-0.15, -0.1) is 0 Å². The number of methoxy groups -OCH3 is 1. The highest BCUT2D eigenvalue weighted by Gasteiger charge is 2.07.